The predicted octanol–water partition coefficient (Wildman–Crippen LogP) is 3.77. The zero-order valence-corrected chi connectivity index (χ0v) is 19.2. The molecule has 0 aromatic heterocycles. The van der Waals surface area contributed by atoms with Gasteiger partial charge in [-0.15, -0.1) is 0 Å². The molecule has 0 saturated heterocycles. The summed E-state index contributed by atoms with van der Waals surface area (Å²) in [4.78, 5) is 23.8. The third-order valence-electron chi connectivity index (χ3n) is 5.95. The lowest BCUT2D eigenvalue weighted by Gasteiger charge is -2.32. The van der Waals surface area contributed by atoms with Crippen molar-refractivity contribution >= 4 is 17.6 Å². The fourth-order valence-electron chi connectivity index (χ4n) is 4.10. The van der Waals surface area contributed by atoms with Gasteiger partial charge in [-0.05, 0) is 43.4 Å². The smallest absolute Gasteiger partial charge is 0.303 e. The number of carboxylic acid groups (broad SMARTS) is 1. The highest BCUT2D eigenvalue weighted by Gasteiger charge is 2.27. The molecule has 0 saturated carbocycles. The van der Waals surface area contributed by atoms with Gasteiger partial charge in [-0.25, -0.2) is 0 Å². The minimum Gasteiger partial charge on any atom is -0.481 e. The number of benzene rings is 2. The van der Waals surface area contributed by atoms with Crippen LogP contribution in [0.3, 0.4) is 0 Å². The lowest BCUT2D eigenvalue weighted by atomic mass is 10.0. The summed E-state index contributed by atoms with van der Waals surface area (Å²) in [6.45, 7) is 1.97. The summed E-state index contributed by atoms with van der Waals surface area (Å²) in [6.07, 6.45) is 5.91. The molecule has 2 unspecified atom stereocenters. The number of amides is 1. The number of allylic oxidation sites excluding steroid dienone is 1. The van der Waals surface area contributed by atoms with E-state index in [0.29, 0.717) is 12.8 Å². The SMILES string of the molecule is CC(NC(=O)C1C=C2NC(CCCCC(=O)O)=C(c3ccccc3)NC2=CN1)c1ccccc1. The van der Waals surface area contributed by atoms with Crippen LogP contribution in [0, 0.1) is 0 Å². The first-order valence-corrected chi connectivity index (χ1v) is 11.6. The van der Waals surface area contributed by atoms with Crippen molar-refractivity contribution in [2.75, 3.05) is 0 Å². The number of carboxylic acids is 1. The number of hydrogen-bond acceptors (Lipinski definition) is 5. The molecule has 2 atom stereocenters. The van der Waals surface area contributed by atoms with Crippen LogP contribution in [0.5, 0.6) is 0 Å². The second-order valence-corrected chi connectivity index (χ2v) is 8.49. The molecule has 34 heavy (non-hydrogen) atoms. The van der Waals surface area contributed by atoms with E-state index in [0.717, 1.165) is 40.3 Å². The van der Waals surface area contributed by atoms with Crippen LogP contribution in [0.2, 0.25) is 0 Å². The molecule has 0 radical (unpaired) electrons. The van der Waals surface area contributed by atoms with Crippen molar-refractivity contribution in [1.29, 1.82) is 0 Å². The Labute approximate surface area is 199 Å². The first kappa shape index (κ1) is 23.2. The second-order valence-electron chi connectivity index (χ2n) is 8.49. The molecule has 7 heteroatoms. The minimum atomic E-state index is -0.781. The van der Waals surface area contributed by atoms with Gasteiger partial charge in [0.1, 0.15) is 6.04 Å². The zero-order chi connectivity index (χ0) is 23.9. The predicted molar refractivity (Wildman–Crippen MR) is 132 cm³/mol. The van der Waals surface area contributed by atoms with Crippen LogP contribution >= 0.6 is 0 Å². The van der Waals surface area contributed by atoms with E-state index < -0.39 is 12.0 Å². The van der Waals surface area contributed by atoms with Crippen molar-refractivity contribution in [3.05, 3.63) is 101 Å². The summed E-state index contributed by atoms with van der Waals surface area (Å²) in [5.74, 6) is -0.890. The van der Waals surface area contributed by atoms with Gasteiger partial charge in [0.05, 0.1) is 23.1 Å². The molecule has 0 fully saturated rings. The molecule has 2 aromatic rings. The lowest BCUT2D eigenvalue weighted by molar-refractivity contribution is -0.137. The standard InChI is InChI=1S/C27H30N4O3/c1-18(19-10-4-2-5-11-19)29-27(34)23-16-22-24(17-28-23)31-26(20-12-6-3-7-13-20)21(30-22)14-8-9-15-25(32)33/h2-7,10-13,16-18,23,28,30-31H,8-9,14-15H2,1H3,(H,29,34)(H,32,33). The fourth-order valence-corrected chi connectivity index (χ4v) is 4.10. The molecule has 4 rings (SSSR count). The van der Waals surface area contributed by atoms with Crippen molar-refractivity contribution in [2.24, 2.45) is 0 Å². The van der Waals surface area contributed by atoms with Crippen LogP contribution in [0.25, 0.3) is 5.70 Å². The number of carbonyl (C=O) groups is 2. The summed E-state index contributed by atoms with van der Waals surface area (Å²) < 4.78 is 0. The molecular weight excluding hydrogens is 428 g/mol. The van der Waals surface area contributed by atoms with E-state index >= 15 is 0 Å². The Morgan fingerprint density at radius 1 is 0.971 bits per heavy atom. The van der Waals surface area contributed by atoms with Crippen molar-refractivity contribution in [2.45, 2.75) is 44.7 Å². The van der Waals surface area contributed by atoms with Crippen LogP contribution in [-0.2, 0) is 9.59 Å². The fraction of sp³-hybridized carbons (Fsp3) is 0.259. The van der Waals surface area contributed by atoms with Crippen LogP contribution in [0.1, 0.15) is 49.8 Å². The molecule has 2 aromatic carbocycles. The zero-order valence-electron chi connectivity index (χ0n) is 19.2. The van der Waals surface area contributed by atoms with Crippen molar-refractivity contribution in [3.8, 4) is 0 Å². The molecule has 176 valence electrons. The molecule has 1 amide bonds. The van der Waals surface area contributed by atoms with E-state index in [1.807, 2.05) is 79.9 Å². The molecule has 5 N–H and O–H groups in total. The second kappa shape index (κ2) is 10.7. The van der Waals surface area contributed by atoms with E-state index in [1.54, 1.807) is 0 Å². The van der Waals surface area contributed by atoms with Crippen LogP contribution < -0.4 is 21.3 Å². The number of hydrogen-bond donors (Lipinski definition) is 5. The maximum atomic E-state index is 12.9. The molecule has 2 heterocycles. The van der Waals surface area contributed by atoms with Crippen molar-refractivity contribution in [3.63, 3.8) is 0 Å². The molecule has 2 aliphatic rings. The third kappa shape index (κ3) is 5.67. The first-order chi connectivity index (χ1) is 16.5. The Hall–Kier alpha value is -4.00. The van der Waals surface area contributed by atoms with Crippen LogP contribution in [0.15, 0.2) is 90.0 Å². The van der Waals surface area contributed by atoms with E-state index in [-0.39, 0.29) is 18.4 Å². The number of unbranched alkanes of at least 4 members (excludes halogenated alkanes) is 1. The van der Waals surface area contributed by atoms with Gasteiger partial charge < -0.3 is 26.4 Å². The van der Waals surface area contributed by atoms with E-state index in [9.17, 15) is 9.59 Å². The summed E-state index contributed by atoms with van der Waals surface area (Å²) in [6, 6.07) is 19.3. The number of aliphatic carboxylic acids is 1. The molecule has 7 nitrogen and oxygen atoms in total. The first-order valence-electron chi connectivity index (χ1n) is 11.6. The van der Waals surface area contributed by atoms with Gasteiger partial charge in [-0.3, -0.25) is 9.59 Å². The van der Waals surface area contributed by atoms with Crippen molar-refractivity contribution < 1.29 is 14.7 Å². The molecular formula is C27H30N4O3. The largest absolute Gasteiger partial charge is 0.481 e. The topological polar surface area (TPSA) is 102 Å². The normalized spacial score (nSPS) is 17.7. The maximum absolute atomic E-state index is 12.9. The summed E-state index contributed by atoms with van der Waals surface area (Å²) >= 11 is 0. The Balaban J connectivity index is 1.50. The maximum Gasteiger partial charge on any atom is 0.303 e. The summed E-state index contributed by atoms with van der Waals surface area (Å²) in [5.41, 5.74) is 5.72. The number of rotatable bonds is 9. The lowest BCUT2D eigenvalue weighted by Crippen LogP contribution is -2.46. The van der Waals surface area contributed by atoms with Gasteiger partial charge in [0.2, 0.25) is 5.91 Å². The Morgan fingerprint density at radius 2 is 1.68 bits per heavy atom. The monoisotopic (exact) mass is 458 g/mol. The molecule has 2 aliphatic heterocycles. The molecule has 0 aliphatic carbocycles. The third-order valence-corrected chi connectivity index (χ3v) is 5.95. The molecule has 0 spiro atoms. The van der Waals surface area contributed by atoms with Crippen LogP contribution in [0.4, 0.5) is 0 Å². The Morgan fingerprint density at radius 3 is 2.38 bits per heavy atom. The Kier molecular flexibility index (Phi) is 7.32. The van der Waals surface area contributed by atoms with Crippen LogP contribution in [-0.4, -0.2) is 23.0 Å². The van der Waals surface area contributed by atoms with Gasteiger partial charge in [0.25, 0.3) is 0 Å². The average Bonchev–Trinajstić information content (AvgIpc) is 2.86. The average molecular weight is 459 g/mol. The highest BCUT2D eigenvalue weighted by atomic mass is 16.4. The van der Waals surface area contributed by atoms with Gasteiger partial charge in [0.15, 0.2) is 0 Å². The summed E-state index contributed by atoms with van der Waals surface area (Å²) in [5, 5.41) is 22.2. The van der Waals surface area contributed by atoms with Gasteiger partial charge >= 0.3 is 5.97 Å². The van der Waals surface area contributed by atoms with E-state index in [4.69, 9.17) is 5.11 Å². The van der Waals surface area contributed by atoms with Gasteiger partial charge in [-0.1, -0.05) is 60.7 Å². The van der Waals surface area contributed by atoms with Gasteiger partial charge in [-0.2, -0.15) is 0 Å². The van der Waals surface area contributed by atoms with Crippen molar-refractivity contribution in [1.82, 2.24) is 21.3 Å². The Bertz CT molecular complexity index is 1120. The number of fused-ring (bicyclic) bond motifs is 1. The number of carbonyl (C=O) groups excluding carboxylic acids is 1. The quantitative estimate of drug-likeness (QED) is 0.367. The highest BCUT2D eigenvalue weighted by Crippen LogP contribution is 2.28. The highest BCUT2D eigenvalue weighted by molar-refractivity contribution is 5.85. The van der Waals surface area contributed by atoms with E-state index in [2.05, 4.69) is 21.3 Å². The molecule has 0 bridgehead atoms. The van der Waals surface area contributed by atoms with E-state index in [1.165, 1.54) is 0 Å². The summed E-state index contributed by atoms with van der Waals surface area (Å²) in [7, 11) is 0. The minimum absolute atomic E-state index is 0.105. The number of nitrogens with one attached hydrogen (secondary N) is 4. The number of dihydropyridines is 1. The van der Waals surface area contributed by atoms with Gasteiger partial charge in [0, 0.05) is 18.3 Å².